The van der Waals surface area contributed by atoms with Crippen LogP contribution in [0.5, 0.6) is 0 Å². The highest BCUT2D eigenvalue weighted by Crippen LogP contribution is 2.15. The summed E-state index contributed by atoms with van der Waals surface area (Å²) in [5.74, 6) is -0.343. The average Bonchev–Trinajstić information content (AvgIpc) is 2.28. The third-order valence-corrected chi connectivity index (χ3v) is 2.45. The number of nitrogens with one attached hydrogen (secondary N) is 2. The zero-order valence-corrected chi connectivity index (χ0v) is 9.75. The van der Waals surface area contributed by atoms with Crippen molar-refractivity contribution >= 4 is 11.8 Å². The van der Waals surface area contributed by atoms with Crippen molar-refractivity contribution in [2.24, 2.45) is 0 Å². The molecule has 1 rings (SSSR count). The molecule has 4 heteroatoms. The van der Waals surface area contributed by atoms with E-state index in [4.69, 9.17) is 0 Å². The van der Waals surface area contributed by atoms with E-state index in [0.29, 0.717) is 6.42 Å². The largest absolute Gasteiger partial charge is 0.357 e. The van der Waals surface area contributed by atoms with Crippen LogP contribution in [0.1, 0.15) is 26.2 Å². The molecule has 0 fully saturated rings. The van der Waals surface area contributed by atoms with E-state index in [1.165, 1.54) is 6.92 Å². The molecular formula is C12H18N2O2. The molecule has 0 aliphatic heterocycles. The van der Waals surface area contributed by atoms with Gasteiger partial charge in [0.2, 0.25) is 11.8 Å². The second kappa shape index (κ2) is 6.10. The van der Waals surface area contributed by atoms with Crippen LogP contribution in [-0.2, 0) is 9.59 Å². The molecule has 0 heterocycles. The number of hydrogen-bond donors (Lipinski definition) is 2. The second-order valence-electron chi connectivity index (χ2n) is 3.83. The molecule has 1 unspecified atom stereocenters. The monoisotopic (exact) mass is 222 g/mol. The van der Waals surface area contributed by atoms with Crippen LogP contribution in [0.25, 0.3) is 0 Å². The maximum absolute atomic E-state index is 11.5. The van der Waals surface area contributed by atoms with Gasteiger partial charge in [0.25, 0.3) is 0 Å². The lowest BCUT2D eigenvalue weighted by Gasteiger charge is -2.17. The third-order valence-electron chi connectivity index (χ3n) is 2.45. The average molecular weight is 222 g/mol. The summed E-state index contributed by atoms with van der Waals surface area (Å²) in [6, 6.07) is -0.475. The standard InChI is InChI=1S/C12H18N2O2/c1-9(15)14-11(12(16)13-2)8-10-6-4-3-5-7-10/h4,6-7,11H,3,5,8H2,1-2H3,(H,13,16)(H,14,15). The van der Waals surface area contributed by atoms with Crippen molar-refractivity contribution in [1.29, 1.82) is 0 Å². The van der Waals surface area contributed by atoms with E-state index in [1.807, 2.05) is 6.08 Å². The molecular weight excluding hydrogens is 204 g/mol. The van der Waals surface area contributed by atoms with Gasteiger partial charge in [0.15, 0.2) is 0 Å². The van der Waals surface area contributed by atoms with Gasteiger partial charge in [-0.15, -0.1) is 0 Å². The van der Waals surface area contributed by atoms with Crippen molar-refractivity contribution in [3.05, 3.63) is 23.8 Å². The summed E-state index contributed by atoms with van der Waals surface area (Å²) in [4.78, 5) is 22.5. The lowest BCUT2D eigenvalue weighted by molar-refractivity contribution is -0.127. The first-order valence-corrected chi connectivity index (χ1v) is 5.47. The van der Waals surface area contributed by atoms with Crippen molar-refractivity contribution < 1.29 is 9.59 Å². The van der Waals surface area contributed by atoms with Crippen LogP contribution in [-0.4, -0.2) is 24.9 Å². The first-order valence-electron chi connectivity index (χ1n) is 5.47. The fourth-order valence-electron chi connectivity index (χ4n) is 1.68. The van der Waals surface area contributed by atoms with Crippen LogP contribution in [0.3, 0.4) is 0 Å². The summed E-state index contributed by atoms with van der Waals surface area (Å²) >= 11 is 0. The van der Waals surface area contributed by atoms with E-state index >= 15 is 0 Å². The molecule has 1 aliphatic carbocycles. The SMILES string of the molecule is CNC(=O)C(CC1=CCCC=C1)NC(C)=O. The molecule has 0 aromatic rings. The van der Waals surface area contributed by atoms with Crippen molar-refractivity contribution in [1.82, 2.24) is 10.6 Å². The number of amides is 2. The van der Waals surface area contributed by atoms with Crippen molar-refractivity contribution in [2.75, 3.05) is 7.05 Å². The maximum atomic E-state index is 11.5. The summed E-state index contributed by atoms with van der Waals surface area (Å²) in [5, 5.41) is 5.21. The fraction of sp³-hybridized carbons (Fsp3) is 0.500. The molecule has 0 saturated heterocycles. The predicted octanol–water partition coefficient (Wildman–Crippen LogP) is 0.904. The highest BCUT2D eigenvalue weighted by molar-refractivity contribution is 5.86. The van der Waals surface area contributed by atoms with Gasteiger partial charge in [0, 0.05) is 20.4 Å². The maximum Gasteiger partial charge on any atom is 0.242 e. The summed E-state index contributed by atoms with van der Waals surface area (Å²) < 4.78 is 0. The number of carbonyl (C=O) groups excluding carboxylic acids is 2. The topological polar surface area (TPSA) is 58.2 Å². The molecule has 0 radical (unpaired) electrons. The minimum atomic E-state index is -0.475. The smallest absolute Gasteiger partial charge is 0.242 e. The Kier molecular flexibility index (Phi) is 4.76. The Morgan fingerprint density at radius 2 is 2.19 bits per heavy atom. The number of rotatable bonds is 4. The molecule has 0 aromatic heterocycles. The van der Waals surface area contributed by atoms with Gasteiger partial charge < -0.3 is 10.6 Å². The minimum Gasteiger partial charge on any atom is -0.357 e. The number of carbonyl (C=O) groups is 2. The Bertz CT molecular complexity index is 332. The lowest BCUT2D eigenvalue weighted by Crippen LogP contribution is -2.45. The number of likely N-dealkylation sites (N-methyl/N-ethyl adjacent to an activating group) is 1. The van der Waals surface area contributed by atoms with Crippen molar-refractivity contribution in [3.8, 4) is 0 Å². The fourth-order valence-corrected chi connectivity index (χ4v) is 1.68. The minimum absolute atomic E-state index is 0.157. The van der Waals surface area contributed by atoms with E-state index in [0.717, 1.165) is 18.4 Å². The molecule has 1 aliphatic rings. The molecule has 2 amide bonds. The number of hydrogen-bond acceptors (Lipinski definition) is 2. The Hall–Kier alpha value is -1.58. The van der Waals surface area contributed by atoms with E-state index < -0.39 is 6.04 Å². The molecule has 2 N–H and O–H groups in total. The molecule has 4 nitrogen and oxygen atoms in total. The first-order chi connectivity index (χ1) is 7.63. The third kappa shape index (κ3) is 3.88. The van der Waals surface area contributed by atoms with Crippen LogP contribution in [0.15, 0.2) is 23.8 Å². The summed E-state index contributed by atoms with van der Waals surface area (Å²) in [5.41, 5.74) is 1.11. The molecule has 0 spiro atoms. The summed E-state index contributed by atoms with van der Waals surface area (Å²) in [6.45, 7) is 1.42. The molecule has 0 saturated carbocycles. The normalized spacial score (nSPS) is 16.2. The first kappa shape index (κ1) is 12.5. The van der Waals surface area contributed by atoms with Crippen molar-refractivity contribution in [2.45, 2.75) is 32.2 Å². The van der Waals surface area contributed by atoms with E-state index in [9.17, 15) is 9.59 Å². The van der Waals surface area contributed by atoms with E-state index in [2.05, 4.69) is 22.8 Å². The molecule has 88 valence electrons. The van der Waals surface area contributed by atoms with Gasteiger partial charge in [0.05, 0.1) is 0 Å². The number of allylic oxidation sites excluding steroid dienone is 3. The van der Waals surface area contributed by atoms with Gasteiger partial charge in [-0.1, -0.05) is 18.2 Å². The zero-order valence-electron chi connectivity index (χ0n) is 9.75. The summed E-state index contributed by atoms with van der Waals surface area (Å²) in [6.07, 6.45) is 8.82. The van der Waals surface area contributed by atoms with Gasteiger partial charge in [0.1, 0.15) is 6.04 Å². The Labute approximate surface area is 95.8 Å². The lowest BCUT2D eigenvalue weighted by atomic mass is 9.99. The van der Waals surface area contributed by atoms with Crippen LogP contribution >= 0.6 is 0 Å². The van der Waals surface area contributed by atoms with Gasteiger partial charge in [-0.2, -0.15) is 0 Å². The van der Waals surface area contributed by atoms with Gasteiger partial charge >= 0.3 is 0 Å². The molecule has 1 atom stereocenters. The molecule has 16 heavy (non-hydrogen) atoms. The summed E-state index contributed by atoms with van der Waals surface area (Å²) in [7, 11) is 1.57. The van der Waals surface area contributed by atoms with Crippen LogP contribution < -0.4 is 10.6 Å². The molecule has 0 bridgehead atoms. The highest BCUT2D eigenvalue weighted by atomic mass is 16.2. The Balaban J connectivity index is 2.62. The predicted molar refractivity (Wildman–Crippen MR) is 62.7 cm³/mol. The quantitative estimate of drug-likeness (QED) is 0.742. The van der Waals surface area contributed by atoms with Gasteiger partial charge in [-0.3, -0.25) is 9.59 Å². The van der Waals surface area contributed by atoms with Crippen LogP contribution in [0.4, 0.5) is 0 Å². The van der Waals surface area contributed by atoms with Gasteiger partial charge in [-0.05, 0) is 18.4 Å². The van der Waals surface area contributed by atoms with Gasteiger partial charge in [-0.25, -0.2) is 0 Å². The molecule has 0 aromatic carbocycles. The van der Waals surface area contributed by atoms with E-state index in [1.54, 1.807) is 7.05 Å². The van der Waals surface area contributed by atoms with Crippen LogP contribution in [0, 0.1) is 0 Å². The van der Waals surface area contributed by atoms with Crippen LogP contribution in [0.2, 0.25) is 0 Å². The highest BCUT2D eigenvalue weighted by Gasteiger charge is 2.19. The Morgan fingerprint density at radius 3 is 2.69 bits per heavy atom. The second-order valence-corrected chi connectivity index (χ2v) is 3.83. The van der Waals surface area contributed by atoms with E-state index in [-0.39, 0.29) is 11.8 Å². The zero-order chi connectivity index (χ0) is 12.0. The Morgan fingerprint density at radius 1 is 1.44 bits per heavy atom. The van der Waals surface area contributed by atoms with Crippen molar-refractivity contribution in [3.63, 3.8) is 0 Å².